The maximum absolute atomic E-state index is 6.42. The normalized spacial score (nSPS) is 11.9. The number of fused-ring (bicyclic) bond motifs is 10. The first-order valence-electron chi connectivity index (χ1n) is 19.2. The summed E-state index contributed by atoms with van der Waals surface area (Å²) in [5, 5.41) is 12.0. The molecule has 0 unspecified atom stereocenters. The van der Waals surface area contributed by atoms with E-state index in [0.29, 0.717) is 0 Å². The van der Waals surface area contributed by atoms with Gasteiger partial charge in [0.05, 0.1) is 0 Å². The first kappa shape index (κ1) is 31.0. The summed E-state index contributed by atoms with van der Waals surface area (Å²) in [4.78, 5) is 0. The molecule has 0 aliphatic rings. The number of furan rings is 2. The Bertz CT molecular complexity index is 3470. The average molecular weight is 713 g/mol. The molecule has 0 saturated carbocycles. The van der Waals surface area contributed by atoms with Crippen molar-refractivity contribution in [3.05, 3.63) is 194 Å². The molecule has 56 heavy (non-hydrogen) atoms. The lowest BCUT2D eigenvalue weighted by Gasteiger charge is -2.18. The Kier molecular flexibility index (Phi) is 6.66. The molecule has 0 atom stereocenters. The molecule has 0 fully saturated rings. The van der Waals surface area contributed by atoms with Gasteiger partial charge in [-0.15, -0.1) is 0 Å². The lowest BCUT2D eigenvalue weighted by Crippen LogP contribution is -1.91. The van der Waals surface area contributed by atoms with Gasteiger partial charge < -0.3 is 8.83 Å². The van der Waals surface area contributed by atoms with Gasteiger partial charge in [0.15, 0.2) is 0 Å². The zero-order chi connectivity index (χ0) is 36.7. The summed E-state index contributed by atoms with van der Waals surface area (Å²) in [6, 6.07) is 69.8. The van der Waals surface area contributed by atoms with E-state index in [4.69, 9.17) is 8.83 Å². The molecule has 0 saturated heterocycles. The molecule has 0 N–H and O–H groups in total. The average Bonchev–Trinajstić information content (AvgIpc) is 3.85. The highest BCUT2D eigenvalue weighted by atomic mass is 16.3. The molecule has 2 heterocycles. The van der Waals surface area contributed by atoms with Gasteiger partial charge in [-0.25, -0.2) is 0 Å². The first-order chi connectivity index (χ1) is 27.8. The number of rotatable bonds is 4. The molecular weight excluding hydrogens is 681 g/mol. The Morgan fingerprint density at radius 3 is 1.45 bits per heavy atom. The van der Waals surface area contributed by atoms with E-state index in [9.17, 15) is 0 Å². The van der Waals surface area contributed by atoms with Crippen molar-refractivity contribution in [1.82, 2.24) is 0 Å². The second kappa shape index (κ2) is 12.0. The molecule has 260 valence electrons. The van der Waals surface area contributed by atoms with Gasteiger partial charge >= 0.3 is 0 Å². The van der Waals surface area contributed by atoms with Crippen molar-refractivity contribution in [2.75, 3.05) is 0 Å². The third-order valence-electron chi connectivity index (χ3n) is 11.7. The minimum Gasteiger partial charge on any atom is -0.456 e. The molecule has 0 spiro atoms. The third-order valence-corrected chi connectivity index (χ3v) is 11.7. The van der Waals surface area contributed by atoms with Crippen molar-refractivity contribution >= 4 is 76.2 Å². The zero-order valence-corrected chi connectivity index (χ0v) is 30.3. The van der Waals surface area contributed by atoms with Gasteiger partial charge in [0.1, 0.15) is 22.3 Å². The van der Waals surface area contributed by atoms with Crippen LogP contribution in [0.25, 0.3) is 121 Å². The standard InChI is InChI=1S/C54H32O2/c1-2-15-38-33(12-1)30-31-49-54(38)53-39(21-10-25-48(53)56-49)34-26-28-35(29-27-34)50-41-16-3-5-18-43(41)51(44-19-6-4-17-42(44)50)37-14-9-13-36(32-37)40-22-11-24-47-52(40)45-20-7-8-23-46(45)55-47/h1-32H. The van der Waals surface area contributed by atoms with E-state index in [1.54, 1.807) is 0 Å². The molecule has 0 amide bonds. The Morgan fingerprint density at radius 1 is 0.250 bits per heavy atom. The van der Waals surface area contributed by atoms with Crippen LogP contribution in [-0.2, 0) is 0 Å². The molecule has 10 aromatic carbocycles. The Balaban J connectivity index is 1.03. The maximum atomic E-state index is 6.42. The van der Waals surface area contributed by atoms with Crippen LogP contribution in [0.3, 0.4) is 0 Å². The predicted molar refractivity (Wildman–Crippen MR) is 235 cm³/mol. The van der Waals surface area contributed by atoms with Gasteiger partial charge in [-0.2, -0.15) is 0 Å². The number of benzene rings is 10. The Morgan fingerprint density at radius 2 is 0.732 bits per heavy atom. The highest BCUT2D eigenvalue weighted by Crippen LogP contribution is 2.46. The molecule has 0 radical (unpaired) electrons. The zero-order valence-electron chi connectivity index (χ0n) is 30.3. The van der Waals surface area contributed by atoms with E-state index in [1.807, 2.05) is 12.1 Å². The SMILES string of the molecule is c1cc(-c2c3ccccc3c(-c3ccc(-c4cccc5oc6ccc7ccccc7c6c45)cc3)c3ccccc23)cc(-c2cccc3oc4ccccc4c23)c1. The largest absolute Gasteiger partial charge is 0.456 e. The van der Waals surface area contributed by atoms with Gasteiger partial charge in [-0.3, -0.25) is 0 Å². The van der Waals surface area contributed by atoms with Crippen LogP contribution in [0.5, 0.6) is 0 Å². The van der Waals surface area contributed by atoms with Crippen LogP contribution in [0.15, 0.2) is 203 Å². The quantitative estimate of drug-likeness (QED) is 0.170. The fourth-order valence-corrected chi connectivity index (χ4v) is 9.25. The molecule has 12 rings (SSSR count). The second-order valence-electron chi connectivity index (χ2n) is 14.7. The number of para-hydroxylation sites is 1. The third kappa shape index (κ3) is 4.57. The Hall–Kier alpha value is -7.42. The number of hydrogen-bond donors (Lipinski definition) is 0. The van der Waals surface area contributed by atoms with Gasteiger partial charge in [0, 0.05) is 21.5 Å². The lowest BCUT2D eigenvalue weighted by molar-refractivity contribution is 0.668. The first-order valence-corrected chi connectivity index (χ1v) is 19.2. The van der Waals surface area contributed by atoms with Crippen molar-refractivity contribution in [3.63, 3.8) is 0 Å². The predicted octanol–water partition coefficient (Wildman–Crippen LogP) is 15.6. The second-order valence-corrected chi connectivity index (χ2v) is 14.7. The fraction of sp³-hybridized carbons (Fsp3) is 0. The highest BCUT2D eigenvalue weighted by molar-refractivity contribution is 6.24. The van der Waals surface area contributed by atoms with E-state index < -0.39 is 0 Å². The van der Waals surface area contributed by atoms with E-state index >= 15 is 0 Å². The topological polar surface area (TPSA) is 26.3 Å². The molecule has 12 aromatic rings. The van der Waals surface area contributed by atoms with Crippen LogP contribution >= 0.6 is 0 Å². The van der Waals surface area contributed by atoms with Crippen molar-refractivity contribution in [2.45, 2.75) is 0 Å². The van der Waals surface area contributed by atoms with Crippen LogP contribution < -0.4 is 0 Å². The van der Waals surface area contributed by atoms with E-state index in [2.05, 4.69) is 182 Å². The summed E-state index contributed by atoms with van der Waals surface area (Å²) in [5.41, 5.74) is 13.2. The molecule has 0 aliphatic carbocycles. The summed E-state index contributed by atoms with van der Waals surface area (Å²) in [6.07, 6.45) is 0. The molecule has 0 aliphatic heterocycles. The van der Waals surface area contributed by atoms with E-state index in [-0.39, 0.29) is 0 Å². The van der Waals surface area contributed by atoms with Crippen molar-refractivity contribution in [2.24, 2.45) is 0 Å². The van der Waals surface area contributed by atoms with Crippen LogP contribution in [0.2, 0.25) is 0 Å². The summed E-state index contributed by atoms with van der Waals surface area (Å²) < 4.78 is 12.7. The van der Waals surface area contributed by atoms with Crippen LogP contribution in [0.4, 0.5) is 0 Å². The van der Waals surface area contributed by atoms with Crippen molar-refractivity contribution in [1.29, 1.82) is 0 Å². The highest BCUT2D eigenvalue weighted by Gasteiger charge is 2.19. The maximum Gasteiger partial charge on any atom is 0.136 e. The van der Waals surface area contributed by atoms with Crippen LogP contribution in [0.1, 0.15) is 0 Å². The van der Waals surface area contributed by atoms with Crippen molar-refractivity contribution < 1.29 is 8.83 Å². The van der Waals surface area contributed by atoms with E-state index in [1.165, 1.54) is 76.6 Å². The van der Waals surface area contributed by atoms with Gasteiger partial charge in [-0.05, 0) is 107 Å². The summed E-state index contributed by atoms with van der Waals surface area (Å²) in [6.45, 7) is 0. The summed E-state index contributed by atoms with van der Waals surface area (Å²) in [7, 11) is 0. The van der Waals surface area contributed by atoms with Crippen molar-refractivity contribution in [3.8, 4) is 44.5 Å². The minimum absolute atomic E-state index is 0.906. The van der Waals surface area contributed by atoms with E-state index in [0.717, 1.165) is 44.1 Å². The minimum atomic E-state index is 0.906. The molecule has 2 nitrogen and oxygen atoms in total. The van der Waals surface area contributed by atoms with Gasteiger partial charge in [-0.1, -0.05) is 164 Å². The van der Waals surface area contributed by atoms with Crippen LogP contribution in [-0.4, -0.2) is 0 Å². The summed E-state index contributed by atoms with van der Waals surface area (Å²) in [5.74, 6) is 0. The fourth-order valence-electron chi connectivity index (χ4n) is 9.25. The smallest absolute Gasteiger partial charge is 0.136 e. The lowest BCUT2D eigenvalue weighted by atomic mass is 9.85. The summed E-state index contributed by atoms with van der Waals surface area (Å²) >= 11 is 0. The van der Waals surface area contributed by atoms with Crippen LogP contribution in [0, 0.1) is 0 Å². The Labute approximate surface area is 322 Å². The monoisotopic (exact) mass is 712 g/mol. The molecular formula is C54H32O2. The molecule has 0 bridgehead atoms. The van der Waals surface area contributed by atoms with Gasteiger partial charge in [0.2, 0.25) is 0 Å². The number of hydrogen-bond acceptors (Lipinski definition) is 2. The van der Waals surface area contributed by atoms with Gasteiger partial charge in [0.25, 0.3) is 0 Å². The molecule has 2 aromatic heterocycles. The molecule has 2 heteroatoms.